The minimum Gasteiger partial charge on any atom is -0.493 e. The van der Waals surface area contributed by atoms with Crippen molar-refractivity contribution >= 4 is 11.6 Å². The van der Waals surface area contributed by atoms with Crippen LogP contribution in [-0.2, 0) is 17.9 Å². The van der Waals surface area contributed by atoms with Crippen LogP contribution in [0.5, 0.6) is 11.5 Å². The number of hydrogen-bond donors (Lipinski definition) is 2. The van der Waals surface area contributed by atoms with Gasteiger partial charge in [-0.1, -0.05) is 80.6 Å². The Balaban J connectivity index is 1.49. The van der Waals surface area contributed by atoms with Crippen LogP contribution < -0.4 is 26.0 Å². The molecule has 1 aliphatic carbocycles. The first kappa shape index (κ1) is 27.3. The van der Waals surface area contributed by atoms with Gasteiger partial charge in [-0.3, -0.25) is 19.1 Å². The number of aromatic amines is 1. The average molecular weight is 564 g/mol. The lowest BCUT2D eigenvalue weighted by molar-refractivity contribution is -0.118. The summed E-state index contributed by atoms with van der Waals surface area (Å²) in [6.07, 6.45) is 0.960. The molecule has 3 aromatic carbocycles. The highest BCUT2D eigenvalue weighted by Crippen LogP contribution is 2.48. The van der Waals surface area contributed by atoms with Gasteiger partial charge in [0.15, 0.2) is 17.3 Å². The van der Waals surface area contributed by atoms with E-state index in [9.17, 15) is 14.4 Å². The number of fused-ring (bicyclic) bond motifs is 1. The van der Waals surface area contributed by atoms with Gasteiger partial charge in [0.05, 0.1) is 19.2 Å². The highest BCUT2D eigenvalue weighted by Gasteiger charge is 2.43. The van der Waals surface area contributed by atoms with E-state index in [0.717, 1.165) is 16.8 Å². The number of carbonyl (C=O) groups excluding carboxylic acids is 1. The molecule has 2 aliphatic rings. The quantitative estimate of drug-likeness (QED) is 0.313. The molecule has 4 aromatic rings. The molecule has 2 N–H and O–H groups in total. The van der Waals surface area contributed by atoms with E-state index in [2.05, 4.69) is 24.1 Å². The number of nitrogens with zero attached hydrogens (tertiary/aromatic N) is 1. The van der Waals surface area contributed by atoms with Crippen molar-refractivity contribution in [2.75, 3.05) is 12.4 Å². The number of ketones is 1. The minimum atomic E-state index is -0.691. The van der Waals surface area contributed by atoms with Crippen LogP contribution in [0.25, 0.3) is 0 Å². The van der Waals surface area contributed by atoms with Crippen LogP contribution in [0.4, 0.5) is 5.82 Å². The third-order valence-electron chi connectivity index (χ3n) is 7.94. The average Bonchev–Trinajstić information content (AvgIpc) is 2.97. The van der Waals surface area contributed by atoms with Crippen LogP contribution in [0, 0.1) is 5.41 Å². The maximum absolute atomic E-state index is 13.7. The van der Waals surface area contributed by atoms with Gasteiger partial charge in [0.25, 0.3) is 5.56 Å². The third kappa shape index (κ3) is 5.16. The fraction of sp³-hybridized carbons (Fsp3) is 0.265. The highest BCUT2D eigenvalue weighted by atomic mass is 16.5. The Morgan fingerprint density at radius 1 is 0.881 bits per heavy atom. The summed E-state index contributed by atoms with van der Waals surface area (Å²) in [7, 11) is 1.56. The normalized spacial score (nSPS) is 17.2. The molecule has 0 amide bonds. The predicted octanol–water partition coefficient (Wildman–Crippen LogP) is 5.37. The molecule has 2 heterocycles. The molecule has 0 saturated heterocycles. The zero-order valence-electron chi connectivity index (χ0n) is 23.9. The number of hydrogen-bond acceptors (Lipinski definition) is 6. The molecule has 1 aliphatic heterocycles. The molecule has 0 fully saturated rings. The van der Waals surface area contributed by atoms with Crippen LogP contribution in [-0.4, -0.2) is 22.4 Å². The summed E-state index contributed by atoms with van der Waals surface area (Å²) in [6, 6.07) is 24.9. The molecule has 1 atom stereocenters. The first-order valence-electron chi connectivity index (χ1n) is 14.0. The topological polar surface area (TPSA) is 102 Å². The summed E-state index contributed by atoms with van der Waals surface area (Å²) in [5.74, 6) is 0.734. The Bertz CT molecular complexity index is 1800. The molecular weight excluding hydrogens is 530 g/mol. The molecular formula is C34H33N3O5. The maximum Gasteiger partial charge on any atom is 0.330 e. The standard InChI is InChI=1S/C34H33N3O5/c1-34(2)17-24-29(25(38)18-34)28(23-14-15-26(27(16-23)41-3)42-20-22-12-8-5-9-13-22)30-31(35-24)37(33(40)36-32(30)39)19-21-10-6-4-7-11-21/h4-16,28,35H,17-20H2,1-3H3,(H,36,39,40)/t28-/m1/s1. The number of aromatic nitrogens is 2. The van der Waals surface area contributed by atoms with Crippen molar-refractivity contribution < 1.29 is 14.3 Å². The summed E-state index contributed by atoms with van der Waals surface area (Å²) in [5.41, 5.74) is 2.95. The number of anilines is 1. The second-order valence-electron chi connectivity index (χ2n) is 11.7. The van der Waals surface area contributed by atoms with Gasteiger partial charge < -0.3 is 14.8 Å². The van der Waals surface area contributed by atoms with Crippen molar-refractivity contribution in [2.24, 2.45) is 5.41 Å². The Hall–Kier alpha value is -4.85. The number of methoxy groups -OCH3 is 1. The molecule has 8 nitrogen and oxygen atoms in total. The lowest BCUT2D eigenvalue weighted by Crippen LogP contribution is -2.42. The largest absolute Gasteiger partial charge is 0.493 e. The second-order valence-corrected chi connectivity index (χ2v) is 11.7. The number of ether oxygens (including phenoxy) is 2. The Morgan fingerprint density at radius 2 is 1.57 bits per heavy atom. The van der Waals surface area contributed by atoms with Gasteiger partial charge >= 0.3 is 5.69 Å². The van der Waals surface area contributed by atoms with Crippen molar-refractivity contribution in [1.29, 1.82) is 0 Å². The van der Waals surface area contributed by atoms with E-state index >= 15 is 0 Å². The van der Waals surface area contributed by atoms with Crippen molar-refractivity contribution in [3.05, 3.63) is 133 Å². The van der Waals surface area contributed by atoms with Crippen molar-refractivity contribution in [2.45, 2.75) is 45.8 Å². The predicted molar refractivity (Wildman–Crippen MR) is 161 cm³/mol. The molecule has 0 bridgehead atoms. The van der Waals surface area contributed by atoms with Crippen LogP contribution in [0.3, 0.4) is 0 Å². The first-order valence-corrected chi connectivity index (χ1v) is 14.0. The second kappa shape index (κ2) is 10.9. The van der Waals surface area contributed by atoms with Gasteiger partial charge in [0.2, 0.25) is 0 Å². The molecule has 0 unspecified atom stereocenters. The number of Topliss-reactive ketones (excluding diaryl/α,β-unsaturated/α-hetero) is 1. The zero-order valence-corrected chi connectivity index (χ0v) is 23.9. The summed E-state index contributed by atoms with van der Waals surface area (Å²) < 4.78 is 13.3. The molecule has 6 rings (SSSR count). The number of rotatable bonds is 7. The summed E-state index contributed by atoms with van der Waals surface area (Å²) >= 11 is 0. The lowest BCUT2D eigenvalue weighted by Gasteiger charge is -2.39. The zero-order chi connectivity index (χ0) is 29.4. The smallest absolute Gasteiger partial charge is 0.330 e. The van der Waals surface area contributed by atoms with E-state index in [1.165, 1.54) is 0 Å². The monoisotopic (exact) mass is 563 g/mol. The van der Waals surface area contributed by atoms with E-state index in [1.54, 1.807) is 11.7 Å². The van der Waals surface area contributed by atoms with Crippen LogP contribution in [0.1, 0.15) is 54.9 Å². The van der Waals surface area contributed by atoms with Gasteiger partial charge in [0.1, 0.15) is 12.4 Å². The molecule has 42 heavy (non-hydrogen) atoms. The number of allylic oxidation sites excluding steroid dienone is 2. The first-order chi connectivity index (χ1) is 20.2. The molecule has 8 heteroatoms. The minimum absolute atomic E-state index is 0.0204. The molecule has 1 aromatic heterocycles. The number of carbonyl (C=O) groups is 1. The molecule has 0 radical (unpaired) electrons. The van der Waals surface area contributed by atoms with Crippen molar-refractivity contribution in [3.8, 4) is 11.5 Å². The molecule has 214 valence electrons. The third-order valence-corrected chi connectivity index (χ3v) is 7.94. The van der Waals surface area contributed by atoms with Gasteiger partial charge in [-0.25, -0.2) is 4.79 Å². The Morgan fingerprint density at radius 3 is 2.26 bits per heavy atom. The van der Waals surface area contributed by atoms with Crippen LogP contribution in [0.2, 0.25) is 0 Å². The van der Waals surface area contributed by atoms with E-state index in [1.807, 2.05) is 78.9 Å². The van der Waals surface area contributed by atoms with E-state index in [4.69, 9.17) is 9.47 Å². The van der Waals surface area contributed by atoms with E-state index in [0.29, 0.717) is 53.5 Å². The van der Waals surface area contributed by atoms with Crippen LogP contribution >= 0.6 is 0 Å². The number of nitrogens with one attached hydrogen (secondary N) is 2. The summed E-state index contributed by atoms with van der Waals surface area (Å²) in [5, 5.41) is 3.38. The fourth-order valence-electron chi connectivity index (χ4n) is 6.03. The van der Waals surface area contributed by atoms with Crippen molar-refractivity contribution in [1.82, 2.24) is 9.55 Å². The van der Waals surface area contributed by atoms with Crippen molar-refractivity contribution in [3.63, 3.8) is 0 Å². The van der Waals surface area contributed by atoms with Gasteiger partial charge in [-0.15, -0.1) is 0 Å². The van der Waals surface area contributed by atoms with Gasteiger partial charge in [0, 0.05) is 23.6 Å². The molecule has 0 saturated carbocycles. The fourth-order valence-corrected chi connectivity index (χ4v) is 6.03. The number of H-pyrrole nitrogens is 1. The summed E-state index contributed by atoms with van der Waals surface area (Å²) in [4.78, 5) is 43.0. The highest BCUT2D eigenvalue weighted by molar-refractivity contribution is 6.01. The maximum atomic E-state index is 13.7. The summed E-state index contributed by atoms with van der Waals surface area (Å²) in [6.45, 7) is 4.73. The Labute approximate surface area is 243 Å². The van der Waals surface area contributed by atoms with Gasteiger partial charge in [-0.2, -0.15) is 0 Å². The SMILES string of the molecule is COc1cc([C@@H]2C3=C(CC(C)(C)CC3=O)Nc3c2c(=O)[nH]c(=O)n3Cc2ccccc2)ccc1OCc1ccccc1. The molecule has 0 spiro atoms. The Kier molecular flexibility index (Phi) is 7.06. The number of benzene rings is 3. The van der Waals surface area contributed by atoms with E-state index < -0.39 is 17.2 Å². The van der Waals surface area contributed by atoms with E-state index in [-0.39, 0.29) is 17.7 Å². The van der Waals surface area contributed by atoms with Crippen LogP contribution in [0.15, 0.2) is 99.7 Å². The van der Waals surface area contributed by atoms with Gasteiger partial charge in [-0.05, 0) is 40.7 Å². The lowest BCUT2D eigenvalue weighted by atomic mass is 9.69.